The number of anilines is 1. The average molecular weight is 274 g/mol. The number of rotatable bonds is 1. The molecule has 84 valence electrons. The predicted molar refractivity (Wildman–Crippen MR) is 65.7 cm³/mol. The topological polar surface area (TPSA) is 59.2 Å². The van der Waals surface area contributed by atoms with E-state index in [1.807, 2.05) is 13.8 Å². The summed E-state index contributed by atoms with van der Waals surface area (Å²) in [5, 5.41) is 0. The first-order chi connectivity index (χ1) is 7.02. The largest absolute Gasteiger partial charge is 0.383 e. The van der Waals surface area contributed by atoms with Gasteiger partial charge in [-0.15, -0.1) is 0 Å². The van der Waals surface area contributed by atoms with Crippen LogP contribution in [0.4, 0.5) is 5.82 Å². The van der Waals surface area contributed by atoms with Gasteiger partial charge in [-0.25, -0.2) is 4.98 Å². The maximum absolute atomic E-state index is 11.5. The molecule has 0 atom stereocenters. The number of pyridine rings is 1. The minimum atomic E-state index is -0.147. The van der Waals surface area contributed by atoms with E-state index in [1.165, 1.54) is 4.90 Å². The van der Waals surface area contributed by atoms with Crippen LogP contribution in [0.25, 0.3) is 0 Å². The van der Waals surface area contributed by atoms with Gasteiger partial charge in [-0.3, -0.25) is 4.79 Å². The first-order valence-corrected chi connectivity index (χ1v) is 5.44. The molecule has 0 fully saturated rings. The van der Waals surface area contributed by atoms with E-state index in [0.717, 1.165) is 4.47 Å². The third-order valence-electron chi connectivity index (χ3n) is 1.52. The van der Waals surface area contributed by atoms with Crippen LogP contribution in [0.2, 0.25) is 0 Å². The molecule has 4 nitrogen and oxygen atoms in total. The molecule has 0 aliphatic carbocycles. The van der Waals surface area contributed by atoms with Crippen LogP contribution in [0.3, 0.4) is 0 Å². The molecule has 2 N–H and O–H groups in total. The van der Waals surface area contributed by atoms with Gasteiger partial charge in [-0.1, -0.05) is 13.8 Å². The molecule has 0 aliphatic rings. The lowest BCUT2D eigenvalue weighted by atomic mass is 10.2. The highest BCUT2D eigenvalue weighted by atomic mass is 79.9. The van der Waals surface area contributed by atoms with Crippen molar-refractivity contribution in [1.29, 1.82) is 0 Å². The molecular formula is C10H16BrN3O. The molecule has 0 radical (unpaired) electrons. The van der Waals surface area contributed by atoms with Crippen LogP contribution in [0.5, 0.6) is 0 Å². The number of nitrogen functional groups attached to an aromatic ring is 1. The Labute approximate surface area is 98.6 Å². The van der Waals surface area contributed by atoms with E-state index in [2.05, 4.69) is 20.9 Å². The fourth-order valence-electron chi connectivity index (χ4n) is 0.862. The van der Waals surface area contributed by atoms with Gasteiger partial charge < -0.3 is 10.6 Å². The van der Waals surface area contributed by atoms with E-state index >= 15 is 0 Å². The first kappa shape index (κ1) is 13.9. The number of halogens is 1. The van der Waals surface area contributed by atoms with Gasteiger partial charge in [0.2, 0.25) is 0 Å². The normalized spacial score (nSPS) is 8.87. The molecule has 0 aliphatic heterocycles. The lowest BCUT2D eigenvalue weighted by Gasteiger charge is -2.11. The number of nitrogens with two attached hydrogens (primary N) is 1. The second-order valence-electron chi connectivity index (χ2n) is 2.79. The third-order valence-corrected chi connectivity index (χ3v) is 1.96. The number of carbonyl (C=O) groups is 1. The van der Waals surface area contributed by atoms with Gasteiger partial charge in [0.1, 0.15) is 5.82 Å². The molecule has 0 bridgehead atoms. The van der Waals surface area contributed by atoms with Crippen LogP contribution < -0.4 is 5.73 Å². The molecule has 15 heavy (non-hydrogen) atoms. The van der Waals surface area contributed by atoms with Crippen LogP contribution >= 0.6 is 15.9 Å². The number of carbonyl (C=O) groups excluding carboxylic acids is 1. The summed E-state index contributed by atoms with van der Waals surface area (Å²) in [6, 6.07) is 1.66. The zero-order valence-electron chi connectivity index (χ0n) is 9.41. The van der Waals surface area contributed by atoms with Crippen molar-refractivity contribution in [3.05, 3.63) is 22.3 Å². The average Bonchev–Trinajstić information content (AvgIpc) is 2.23. The Hall–Kier alpha value is -1.10. The number of amides is 1. The first-order valence-electron chi connectivity index (χ1n) is 4.65. The second-order valence-corrected chi connectivity index (χ2v) is 3.70. The highest BCUT2D eigenvalue weighted by molar-refractivity contribution is 9.10. The van der Waals surface area contributed by atoms with E-state index in [4.69, 9.17) is 5.73 Å². The summed E-state index contributed by atoms with van der Waals surface area (Å²) in [6.45, 7) is 4.00. The fraction of sp³-hybridized carbons (Fsp3) is 0.400. The Morgan fingerprint density at radius 1 is 1.47 bits per heavy atom. The summed E-state index contributed by atoms with van der Waals surface area (Å²) in [4.78, 5) is 16.8. The number of hydrogen-bond acceptors (Lipinski definition) is 3. The minimum absolute atomic E-state index is 0.147. The zero-order chi connectivity index (χ0) is 12.0. The fourth-order valence-corrected chi connectivity index (χ4v) is 1.19. The number of aromatic nitrogens is 1. The molecule has 1 aromatic heterocycles. The van der Waals surface area contributed by atoms with Crippen molar-refractivity contribution in [3.63, 3.8) is 0 Å². The molecule has 0 saturated carbocycles. The van der Waals surface area contributed by atoms with Crippen molar-refractivity contribution in [2.45, 2.75) is 13.8 Å². The van der Waals surface area contributed by atoms with Crippen molar-refractivity contribution in [3.8, 4) is 0 Å². The van der Waals surface area contributed by atoms with Gasteiger partial charge in [0, 0.05) is 24.8 Å². The monoisotopic (exact) mass is 273 g/mol. The molecule has 1 amide bonds. The van der Waals surface area contributed by atoms with Crippen LogP contribution in [0, 0.1) is 0 Å². The van der Waals surface area contributed by atoms with E-state index < -0.39 is 0 Å². The lowest BCUT2D eigenvalue weighted by Crippen LogP contribution is -2.23. The summed E-state index contributed by atoms with van der Waals surface area (Å²) in [7, 11) is 3.34. The van der Waals surface area contributed by atoms with Crippen molar-refractivity contribution >= 4 is 27.7 Å². The van der Waals surface area contributed by atoms with E-state index in [0.29, 0.717) is 5.56 Å². The van der Waals surface area contributed by atoms with Crippen LogP contribution in [0.1, 0.15) is 24.2 Å². The van der Waals surface area contributed by atoms with Crippen molar-refractivity contribution < 1.29 is 4.79 Å². The predicted octanol–water partition coefficient (Wildman–Crippen LogP) is 2.15. The van der Waals surface area contributed by atoms with E-state index in [9.17, 15) is 4.79 Å². The van der Waals surface area contributed by atoms with Crippen molar-refractivity contribution in [1.82, 2.24) is 9.88 Å². The van der Waals surface area contributed by atoms with Gasteiger partial charge in [-0.05, 0) is 22.0 Å². The van der Waals surface area contributed by atoms with Crippen LogP contribution in [-0.2, 0) is 0 Å². The molecule has 0 spiro atoms. The summed E-state index contributed by atoms with van der Waals surface area (Å²) in [6.07, 6.45) is 1.56. The van der Waals surface area contributed by atoms with Gasteiger partial charge >= 0.3 is 0 Å². The summed E-state index contributed by atoms with van der Waals surface area (Å²) in [5.74, 6) is 0.105. The minimum Gasteiger partial charge on any atom is -0.383 e. The highest BCUT2D eigenvalue weighted by Crippen LogP contribution is 2.16. The Kier molecular flexibility index (Phi) is 5.93. The number of hydrogen-bond donors (Lipinski definition) is 1. The smallest absolute Gasteiger partial charge is 0.257 e. The molecule has 5 heteroatoms. The quantitative estimate of drug-likeness (QED) is 0.853. The lowest BCUT2D eigenvalue weighted by molar-refractivity contribution is 0.0828. The SMILES string of the molecule is CC.CN(C)C(=O)c1cc(Br)cnc1N. The maximum Gasteiger partial charge on any atom is 0.257 e. The van der Waals surface area contributed by atoms with Gasteiger partial charge in [0.05, 0.1) is 5.56 Å². The van der Waals surface area contributed by atoms with Gasteiger partial charge in [-0.2, -0.15) is 0 Å². The summed E-state index contributed by atoms with van der Waals surface area (Å²) >= 11 is 3.22. The Morgan fingerprint density at radius 2 is 2.00 bits per heavy atom. The molecule has 0 saturated heterocycles. The van der Waals surface area contributed by atoms with Crippen LogP contribution in [0.15, 0.2) is 16.7 Å². The Bertz CT molecular complexity index is 339. The van der Waals surface area contributed by atoms with Gasteiger partial charge in [0.15, 0.2) is 0 Å². The van der Waals surface area contributed by atoms with E-state index in [1.54, 1.807) is 26.4 Å². The molecular weight excluding hydrogens is 258 g/mol. The summed E-state index contributed by atoms with van der Waals surface area (Å²) < 4.78 is 0.743. The zero-order valence-corrected chi connectivity index (χ0v) is 11.0. The molecule has 1 rings (SSSR count). The van der Waals surface area contributed by atoms with Crippen molar-refractivity contribution in [2.24, 2.45) is 0 Å². The highest BCUT2D eigenvalue weighted by Gasteiger charge is 2.12. The molecule has 1 heterocycles. The standard InChI is InChI=1S/C8H10BrN3O.C2H6/c1-12(2)8(13)6-3-5(9)4-11-7(6)10;1-2/h3-4H,1-2H3,(H2,10,11);1-2H3. The molecule has 0 unspecified atom stereocenters. The molecule has 0 aromatic carbocycles. The second kappa shape index (κ2) is 6.40. The van der Waals surface area contributed by atoms with E-state index in [-0.39, 0.29) is 11.7 Å². The van der Waals surface area contributed by atoms with Crippen LogP contribution in [-0.4, -0.2) is 29.9 Å². The molecule has 1 aromatic rings. The Morgan fingerprint density at radius 3 is 2.47 bits per heavy atom. The van der Waals surface area contributed by atoms with Crippen molar-refractivity contribution in [2.75, 3.05) is 19.8 Å². The third kappa shape index (κ3) is 3.87. The number of nitrogens with zero attached hydrogens (tertiary/aromatic N) is 2. The Balaban J connectivity index is 0.000000921. The summed E-state index contributed by atoms with van der Waals surface area (Å²) in [5.41, 5.74) is 5.96. The maximum atomic E-state index is 11.5. The van der Waals surface area contributed by atoms with Gasteiger partial charge in [0.25, 0.3) is 5.91 Å².